The van der Waals surface area contributed by atoms with E-state index in [9.17, 15) is 0 Å². The van der Waals surface area contributed by atoms with Crippen LogP contribution in [0.1, 0.15) is 11.3 Å². The number of nitrogens with two attached hydrogens (primary N) is 1. The van der Waals surface area contributed by atoms with E-state index in [0.717, 1.165) is 33.5 Å². The van der Waals surface area contributed by atoms with Gasteiger partial charge in [-0.3, -0.25) is 0 Å². The van der Waals surface area contributed by atoms with Gasteiger partial charge >= 0.3 is 0 Å². The van der Waals surface area contributed by atoms with Crippen molar-refractivity contribution in [2.24, 2.45) is 0 Å². The van der Waals surface area contributed by atoms with Crippen molar-refractivity contribution < 1.29 is 4.74 Å². The lowest BCUT2D eigenvalue weighted by Crippen LogP contribution is -2.03. The van der Waals surface area contributed by atoms with Crippen molar-refractivity contribution in [1.82, 2.24) is 19.9 Å². The number of pyridine rings is 2. The average Bonchev–Trinajstić information content (AvgIpc) is 2.68. The molecule has 0 fully saturated rings. The summed E-state index contributed by atoms with van der Waals surface area (Å²) in [7, 11) is 1.59. The van der Waals surface area contributed by atoms with Gasteiger partial charge in [-0.1, -0.05) is 30.3 Å². The molecule has 128 valence electrons. The van der Waals surface area contributed by atoms with Crippen molar-refractivity contribution >= 4 is 17.0 Å². The Bertz CT molecular complexity index is 1050. The summed E-state index contributed by atoms with van der Waals surface area (Å²) in [6, 6.07) is 17.7. The summed E-state index contributed by atoms with van der Waals surface area (Å²) in [5, 5.41) is 0. The van der Waals surface area contributed by atoms with E-state index in [-0.39, 0.29) is 5.95 Å². The molecule has 0 amide bonds. The minimum atomic E-state index is 0.254. The Morgan fingerprint density at radius 3 is 2.50 bits per heavy atom. The third kappa shape index (κ3) is 3.17. The molecule has 6 nitrogen and oxygen atoms in total. The number of ether oxygens (including phenoxy) is 1. The van der Waals surface area contributed by atoms with E-state index in [2.05, 4.69) is 27.1 Å². The van der Waals surface area contributed by atoms with E-state index in [1.807, 2.05) is 42.5 Å². The first-order valence-electron chi connectivity index (χ1n) is 8.20. The van der Waals surface area contributed by atoms with E-state index in [1.165, 1.54) is 0 Å². The predicted molar refractivity (Wildman–Crippen MR) is 101 cm³/mol. The van der Waals surface area contributed by atoms with Gasteiger partial charge in [-0.15, -0.1) is 0 Å². The number of anilines is 1. The molecule has 0 saturated carbocycles. The maximum Gasteiger partial charge on any atom is 0.220 e. The summed E-state index contributed by atoms with van der Waals surface area (Å²) in [6.07, 6.45) is 2.38. The van der Waals surface area contributed by atoms with Gasteiger partial charge < -0.3 is 10.5 Å². The molecular formula is C20H17N5O. The molecule has 0 aliphatic rings. The third-order valence-electron chi connectivity index (χ3n) is 4.09. The summed E-state index contributed by atoms with van der Waals surface area (Å²) in [4.78, 5) is 17.8. The first-order chi connectivity index (χ1) is 12.7. The topological polar surface area (TPSA) is 86.8 Å². The fourth-order valence-electron chi connectivity index (χ4n) is 2.82. The zero-order valence-corrected chi connectivity index (χ0v) is 14.3. The van der Waals surface area contributed by atoms with Crippen molar-refractivity contribution in [2.75, 3.05) is 12.8 Å². The number of hydrogen-bond acceptors (Lipinski definition) is 6. The quantitative estimate of drug-likeness (QED) is 0.612. The Hall–Kier alpha value is -3.54. The number of methoxy groups -OCH3 is 1. The molecule has 2 N–H and O–H groups in total. The zero-order valence-electron chi connectivity index (χ0n) is 14.3. The summed E-state index contributed by atoms with van der Waals surface area (Å²) in [5.41, 5.74) is 11.0. The second-order valence-corrected chi connectivity index (χ2v) is 5.84. The Balaban J connectivity index is 1.80. The highest BCUT2D eigenvalue weighted by Gasteiger charge is 2.11. The van der Waals surface area contributed by atoms with Gasteiger partial charge in [0.05, 0.1) is 24.0 Å². The largest absolute Gasteiger partial charge is 0.481 e. The van der Waals surface area contributed by atoms with Crippen molar-refractivity contribution in [3.05, 3.63) is 72.1 Å². The smallest absolute Gasteiger partial charge is 0.220 e. The van der Waals surface area contributed by atoms with Gasteiger partial charge in [0.1, 0.15) is 5.52 Å². The molecule has 4 rings (SSSR count). The van der Waals surface area contributed by atoms with Crippen molar-refractivity contribution in [3.8, 4) is 17.1 Å². The molecule has 0 unspecified atom stereocenters. The fraction of sp³-hybridized carbons (Fsp3) is 0.100. The number of fused-ring (bicyclic) bond motifs is 1. The van der Waals surface area contributed by atoms with Crippen LogP contribution >= 0.6 is 0 Å². The van der Waals surface area contributed by atoms with E-state index < -0.39 is 0 Å². The molecule has 1 aromatic carbocycles. The number of hydrogen-bond donors (Lipinski definition) is 1. The van der Waals surface area contributed by atoms with E-state index >= 15 is 0 Å². The number of benzene rings is 1. The zero-order chi connectivity index (χ0) is 17.9. The molecule has 0 aliphatic carbocycles. The molecule has 0 bridgehead atoms. The Kier molecular flexibility index (Phi) is 4.15. The molecule has 0 radical (unpaired) electrons. The van der Waals surface area contributed by atoms with Crippen molar-refractivity contribution in [3.63, 3.8) is 0 Å². The SMILES string of the molecule is COc1ccc(-c2ccc3nc(N)nc(Cc4ccccc4)c3n2)cn1. The third-order valence-corrected chi connectivity index (χ3v) is 4.09. The van der Waals surface area contributed by atoms with Crippen LogP contribution in [0.25, 0.3) is 22.3 Å². The monoisotopic (exact) mass is 343 g/mol. The highest BCUT2D eigenvalue weighted by atomic mass is 16.5. The molecule has 4 aromatic rings. The molecule has 3 aromatic heterocycles. The van der Waals surface area contributed by atoms with Crippen LogP contribution in [-0.2, 0) is 6.42 Å². The first kappa shape index (κ1) is 16.0. The highest BCUT2D eigenvalue weighted by molar-refractivity contribution is 5.81. The van der Waals surface area contributed by atoms with Crippen LogP contribution in [0.4, 0.5) is 5.95 Å². The van der Waals surface area contributed by atoms with Gasteiger partial charge in [-0.25, -0.2) is 19.9 Å². The van der Waals surface area contributed by atoms with Crippen molar-refractivity contribution in [1.29, 1.82) is 0 Å². The minimum Gasteiger partial charge on any atom is -0.481 e. The van der Waals surface area contributed by atoms with Gasteiger partial charge in [-0.2, -0.15) is 0 Å². The lowest BCUT2D eigenvalue weighted by Gasteiger charge is -2.08. The van der Waals surface area contributed by atoms with Gasteiger partial charge in [0, 0.05) is 24.2 Å². The van der Waals surface area contributed by atoms with E-state index in [0.29, 0.717) is 12.3 Å². The van der Waals surface area contributed by atoms with Gasteiger partial charge in [0.2, 0.25) is 11.8 Å². The maximum absolute atomic E-state index is 5.89. The predicted octanol–water partition coefficient (Wildman–Crippen LogP) is 3.27. The van der Waals surface area contributed by atoms with Crippen LogP contribution in [-0.4, -0.2) is 27.0 Å². The lowest BCUT2D eigenvalue weighted by atomic mass is 10.1. The number of nitrogens with zero attached hydrogens (tertiary/aromatic N) is 4. The molecular weight excluding hydrogens is 326 g/mol. The molecule has 0 atom stereocenters. The number of aromatic nitrogens is 4. The van der Waals surface area contributed by atoms with Crippen LogP contribution in [0.2, 0.25) is 0 Å². The minimum absolute atomic E-state index is 0.254. The first-order valence-corrected chi connectivity index (χ1v) is 8.20. The van der Waals surface area contributed by atoms with Crippen LogP contribution in [0, 0.1) is 0 Å². The Morgan fingerprint density at radius 1 is 0.923 bits per heavy atom. The maximum atomic E-state index is 5.89. The average molecular weight is 343 g/mol. The standard InChI is InChI=1S/C20H17N5O/c1-26-18-10-7-14(12-22-18)15-8-9-16-19(23-15)17(25-20(21)24-16)11-13-5-3-2-4-6-13/h2-10,12H,11H2,1H3,(H2,21,24,25). The second-order valence-electron chi connectivity index (χ2n) is 5.84. The van der Waals surface area contributed by atoms with Gasteiger partial charge in [0.15, 0.2) is 0 Å². The summed E-state index contributed by atoms with van der Waals surface area (Å²) in [6.45, 7) is 0. The molecule has 6 heteroatoms. The second kappa shape index (κ2) is 6.76. The van der Waals surface area contributed by atoms with E-state index in [1.54, 1.807) is 13.3 Å². The van der Waals surface area contributed by atoms with Crippen molar-refractivity contribution in [2.45, 2.75) is 6.42 Å². The molecule has 0 saturated heterocycles. The van der Waals surface area contributed by atoms with Gasteiger partial charge in [-0.05, 0) is 23.8 Å². The Labute approximate surface area is 150 Å². The number of rotatable bonds is 4. The molecule has 3 heterocycles. The van der Waals surface area contributed by atoms with Crippen LogP contribution in [0.5, 0.6) is 5.88 Å². The fourth-order valence-corrected chi connectivity index (χ4v) is 2.82. The van der Waals surface area contributed by atoms with Crippen LogP contribution in [0.15, 0.2) is 60.8 Å². The Morgan fingerprint density at radius 2 is 1.77 bits per heavy atom. The van der Waals surface area contributed by atoms with Crippen LogP contribution < -0.4 is 10.5 Å². The highest BCUT2D eigenvalue weighted by Crippen LogP contribution is 2.24. The summed E-state index contributed by atoms with van der Waals surface area (Å²) in [5.74, 6) is 0.819. The molecule has 26 heavy (non-hydrogen) atoms. The molecule has 0 spiro atoms. The van der Waals surface area contributed by atoms with Crippen LogP contribution in [0.3, 0.4) is 0 Å². The van der Waals surface area contributed by atoms with E-state index in [4.69, 9.17) is 15.5 Å². The summed E-state index contributed by atoms with van der Waals surface area (Å²) < 4.78 is 5.11. The molecule has 0 aliphatic heterocycles. The number of nitrogen functional groups attached to an aromatic ring is 1. The van der Waals surface area contributed by atoms with Gasteiger partial charge in [0.25, 0.3) is 0 Å². The summed E-state index contributed by atoms with van der Waals surface area (Å²) >= 11 is 0. The lowest BCUT2D eigenvalue weighted by molar-refractivity contribution is 0.398. The normalized spacial score (nSPS) is 10.8.